The summed E-state index contributed by atoms with van der Waals surface area (Å²) >= 11 is 0. The topological polar surface area (TPSA) is 55.8 Å². The second-order valence-corrected chi connectivity index (χ2v) is 7.49. The molecule has 0 radical (unpaired) electrons. The zero-order valence-electron chi connectivity index (χ0n) is 18.2. The quantitative estimate of drug-likeness (QED) is 0.516. The number of aliphatic imine (C=N–C) groups is 1. The molecule has 3 rings (SSSR count). The molecule has 1 saturated heterocycles. The van der Waals surface area contributed by atoms with E-state index in [-0.39, 0.29) is 17.9 Å². The largest absolute Gasteiger partial charge is 0.354 e. The maximum atomic E-state index is 14.0. The molecule has 1 aromatic carbocycles. The molecule has 1 aliphatic rings. The number of rotatable bonds is 8. The second-order valence-electron chi connectivity index (χ2n) is 7.49. The zero-order valence-corrected chi connectivity index (χ0v) is 18.2. The highest BCUT2D eigenvalue weighted by Gasteiger charge is 2.26. The van der Waals surface area contributed by atoms with Crippen LogP contribution >= 0.6 is 0 Å². The fraction of sp³-hybridized carbons (Fsp3) is 0.478. The van der Waals surface area contributed by atoms with E-state index >= 15 is 0 Å². The molecular formula is C23H33FN6. The lowest BCUT2D eigenvalue weighted by Gasteiger charge is -2.31. The van der Waals surface area contributed by atoms with Crippen molar-refractivity contribution in [3.8, 4) is 0 Å². The van der Waals surface area contributed by atoms with Gasteiger partial charge in [-0.05, 0) is 37.2 Å². The Kier molecular flexibility index (Phi) is 8.02. The summed E-state index contributed by atoms with van der Waals surface area (Å²) < 4.78 is 14.0. The third-order valence-corrected chi connectivity index (χ3v) is 5.69. The molecule has 1 aromatic heterocycles. The van der Waals surface area contributed by atoms with E-state index in [1.54, 1.807) is 19.3 Å². The van der Waals surface area contributed by atoms with Crippen LogP contribution in [0.25, 0.3) is 0 Å². The van der Waals surface area contributed by atoms with Crippen molar-refractivity contribution >= 4 is 11.8 Å². The number of aromatic nitrogens is 1. The van der Waals surface area contributed by atoms with Crippen molar-refractivity contribution in [3.05, 3.63) is 60.0 Å². The summed E-state index contributed by atoms with van der Waals surface area (Å²) in [5.41, 5.74) is 1.29. The summed E-state index contributed by atoms with van der Waals surface area (Å²) in [4.78, 5) is 13.0. The molecule has 7 heteroatoms. The highest BCUT2D eigenvalue weighted by atomic mass is 19.1. The number of nitrogens with zero attached hydrogens (tertiary/aromatic N) is 4. The molecule has 162 valence electrons. The highest BCUT2D eigenvalue weighted by molar-refractivity contribution is 5.80. The Hall–Kier alpha value is -2.67. The Morgan fingerprint density at radius 2 is 2.00 bits per heavy atom. The monoisotopic (exact) mass is 412 g/mol. The lowest BCUT2D eigenvalue weighted by Crippen LogP contribution is -2.47. The van der Waals surface area contributed by atoms with Gasteiger partial charge in [0.2, 0.25) is 0 Å². The molecule has 30 heavy (non-hydrogen) atoms. The van der Waals surface area contributed by atoms with Crippen LogP contribution in [0.2, 0.25) is 0 Å². The predicted molar refractivity (Wildman–Crippen MR) is 121 cm³/mol. The van der Waals surface area contributed by atoms with Crippen molar-refractivity contribution in [3.63, 3.8) is 0 Å². The van der Waals surface area contributed by atoms with Crippen LogP contribution < -0.4 is 15.5 Å². The van der Waals surface area contributed by atoms with Crippen molar-refractivity contribution in [2.24, 2.45) is 4.99 Å². The maximum Gasteiger partial charge on any atom is 0.191 e. The van der Waals surface area contributed by atoms with Gasteiger partial charge in [0.15, 0.2) is 17.6 Å². The summed E-state index contributed by atoms with van der Waals surface area (Å²) in [6, 6.07) is 14.1. The molecule has 2 atom stereocenters. The van der Waals surface area contributed by atoms with Gasteiger partial charge in [0, 0.05) is 38.9 Å². The average molecular weight is 413 g/mol. The first-order valence-electron chi connectivity index (χ1n) is 10.8. The standard InChI is InChI=1S/C23H33FN6/c1-4-29(5-2)21(18-10-7-6-8-11-18)16-27-23(25-3)28-19-13-15-30(17-19)22-20(24)12-9-14-26-22/h6-12,14,19,21H,4-5,13,15-17H2,1-3H3,(H2,25,27,28). The molecule has 2 unspecified atom stereocenters. The van der Waals surface area contributed by atoms with Gasteiger partial charge in [0.05, 0.1) is 6.04 Å². The van der Waals surface area contributed by atoms with E-state index in [4.69, 9.17) is 0 Å². The van der Waals surface area contributed by atoms with E-state index in [0.29, 0.717) is 12.4 Å². The Labute approximate surface area is 179 Å². The minimum absolute atomic E-state index is 0.196. The Bertz CT molecular complexity index is 808. The number of benzene rings is 1. The number of nitrogens with one attached hydrogen (secondary N) is 2. The minimum Gasteiger partial charge on any atom is -0.354 e. The first kappa shape index (κ1) is 22.0. The van der Waals surface area contributed by atoms with Gasteiger partial charge in [-0.15, -0.1) is 0 Å². The van der Waals surface area contributed by atoms with E-state index in [0.717, 1.165) is 38.6 Å². The molecule has 0 amide bonds. The first-order chi connectivity index (χ1) is 14.7. The van der Waals surface area contributed by atoms with Gasteiger partial charge >= 0.3 is 0 Å². The third-order valence-electron chi connectivity index (χ3n) is 5.69. The number of hydrogen-bond acceptors (Lipinski definition) is 4. The summed E-state index contributed by atoms with van der Waals surface area (Å²) in [6.45, 7) is 8.58. The molecule has 2 N–H and O–H groups in total. The number of hydrogen-bond donors (Lipinski definition) is 2. The van der Waals surface area contributed by atoms with Gasteiger partial charge in [0.25, 0.3) is 0 Å². The van der Waals surface area contributed by atoms with E-state index in [9.17, 15) is 4.39 Å². The van der Waals surface area contributed by atoms with E-state index in [2.05, 4.69) is 63.6 Å². The van der Waals surface area contributed by atoms with Crippen molar-refractivity contribution in [2.75, 3.05) is 44.7 Å². The van der Waals surface area contributed by atoms with Crippen LogP contribution in [0, 0.1) is 5.82 Å². The van der Waals surface area contributed by atoms with Crippen LogP contribution in [-0.2, 0) is 0 Å². The summed E-state index contributed by atoms with van der Waals surface area (Å²) in [6.07, 6.45) is 2.55. The fourth-order valence-corrected chi connectivity index (χ4v) is 4.06. The lowest BCUT2D eigenvalue weighted by atomic mass is 10.1. The molecule has 0 spiro atoms. The van der Waals surface area contributed by atoms with Crippen molar-refractivity contribution in [1.29, 1.82) is 0 Å². The molecular weight excluding hydrogens is 379 g/mol. The Balaban J connectivity index is 1.59. The molecule has 0 bridgehead atoms. The third kappa shape index (κ3) is 5.48. The van der Waals surface area contributed by atoms with Gasteiger partial charge in [-0.3, -0.25) is 9.89 Å². The van der Waals surface area contributed by atoms with Crippen molar-refractivity contribution in [2.45, 2.75) is 32.4 Å². The molecule has 1 fully saturated rings. The van der Waals surface area contributed by atoms with Crippen LogP contribution in [0.15, 0.2) is 53.7 Å². The first-order valence-corrected chi connectivity index (χ1v) is 10.8. The minimum atomic E-state index is -0.273. The Morgan fingerprint density at radius 3 is 2.67 bits per heavy atom. The number of anilines is 1. The van der Waals surface area contributed by atoms with Crippen LogP contribution in [0.3, 0.4) is 0 Å². The number of likely N-dealkylation sites (N-methyl/N-ethyl adjacent to an activating group) is 1. The lowest BCUT2D eigenvalue weighted by molar-refractivity contribution is 0.219. The number of pyridine rings is 1. The van der Waals surface area contributed by atoms with Gasteiger partial charge in [-0.2, -0.15) is 0 Å². The Morgan fingerprint density at radius 1 is 1.23 bits per heavy atom. The van der Waals surface area contributed by atoms with Crippen LogP contribution in [-0.4, -0.2) is 61.7 Å². The van der Waals surface area contributed by atoms with Gasteiger partial charge in [0.1, 0.15) is 0 Å². The molecule has 6 nitrogen and oxygen atoms in total. The molecule has 2 heterocycles. The molecule has 2 aromatic rings. The number of guanidine groups is 1. The van der Waals surface area contributed by atoms with Gasteiger partial charge < -0.3 is 15.5 Å². The van der Waals surface area contributed by atoms with E-state index in [1.165, 1.54) is 11.6 Å². The average Bonchev–Trinajstić information content (AvgIpc) is 3.25. The fourth-order valence-electron chi connectivity index (χ4n) is 4.06. The van der Waals surface area contributed by atoms with Gasteiger partial charge in [-0.25, -0.2) is 9.37 Å². The summed E-state index contributed by atoms with van der Waals surface area (Å²) in [5.74, 6) is 0.928. The second kappa shape index (κ2) is 10.9. The summed E-state index contributed by atoms with van der Waals surface area (Å²) in [5, 5.41) is 6.99. The highest BCUT2D eigenvalue weighted by Crippen LogP contribution is 2.21. The SMILES string of the molecule is CCN(CC)C(CNC(=NC)NC1CCN(c2ncccc2F)C1)c1ccccc1. The maximum absolute atomic E-state index is 14.0. The summed E-state index contributed by atoms with van der Waals surface area (Å²) in [7, 11) is 1.79. The van der Waals surface area contributed by atoms with E-state index in [1.807, 2.05) is 11.0 Å². The normalized spacial score (nSPS) is 18.0. The smallest absolute Gasteiger partial charge is 0.191 e. The van der Waals surface area contributed by atoms with Crippen LogP contribution in [0.4, 0.5) is 10.2 Å². The predicted octanol–water partition coefficient (Wildman–Crippen LogP) is 3.05. The van der Waals surface area contributed by atoms with Crippen LogP contribution in [0.5, 0.6) is 0 Å². The molecule has 1 aliphatic heterocycles. The van der Waals surface area contributed by atoms with Crippen molar-refractivity contribution in [1.82, 2.24) is 20.5 Å². The molecule has 0 aliphatic carbocycles. The molecule has 0 saturated carbocycles. The van der Waals surface area contributed by atoms with E-state index < -0.39 is 0 Å². The van der Waals surface area contributed by atoms with Crippen molar-refractivity contribution < 1.29 is 4.39 Å². The zero-order chi connectivity index (χ0) is 21.3. The number of halogens is 1. The van der Waals surface area contributed by atoms with Crippen LogP contribution in [0.1, 0.15) is 31.9 Å². The van der Waals surface area contributed by atoms with Gasteiger partial charge in [-0.1, -0.05) is 44.2 Å².